The molecule has 2 nitrogen and oxygen atoms in total. The molecular weight excluding hydrogens is 264 g/mol. The van der Waals surface area contributed by atoms with Gasteiger partial charge in [-0.2, -0.15) is 0 Å². The number of hydrogen-bond acceptors (Lipinski definition) is 3. The highest BCUT2D eigenvalue weighted by Gasteiger charge is 2.38. The first kappa shape index (κ1) is 11.0. The molecule has 0 aromatic carbocycles. The fraction of sp³-hybridized carbons (Fsp3) is 0.429. The standard InChI is InChI=1S/C7H8BrF2NOS/c8-5-2-1-4(13-5)6(11)7(9,10)3-12/h1-2,6,12H,3,11H2/t6-/m0/s1. The van der Waals surface area contributed by atoms with E-state index >= 15 is 0 Å². The number of thiophene rings is 1. The van der Waals surface area contributed by atoms with E-state index in [1.54, 1.807) is 6.07 Å². The SMILES string of the molecule is N[C@@H](c1ccc(Br)s1)C(F)(F)CO. The summed E-state index contributed by atoms with van der Waals surface area (Å²) in [5.41, 5.74) is 5.28. The minimum Gasteiger partial charge on any atom is -0.390 e. The third kappa shape index (κ3) is 2.46. The zero-order chi connectivity index (χ0) is 10.1. The summed E-state index contributed by atoms with van der Waals surface area (Å²) < 4.78 is 26.5. The average molecular weight is 272 g/mol. The maximum atomic E-state index is 12.9. The van der Waals surface area contributed by atoms with Crippen molar-refractivity contribution in [2.24, 2.45) is 5.73 Å². The Balaban J connectivity index is 2.84. The largest absolute Gasteiger partial charge is 0.390 e. The van der Waals surface area contributed by atoms with E-state index in [4.69, 9.17) is 10.8 Å². The van der Waals surface area contributed by atoms with Crippen molar-refractivity contribution >= 4 is 27.3 Å². The van der Waals surface area contributed by atoms with E-state index in [2.05, 4.69) is 15.9 Å². The second-order valence-corrected chi connectivity index (χ2v) is 5.03. The highest BCUT2D eigenvalue weighted by Crippen LogP contribution is 2.34. The van der Waals surface area contributed by atoms with Crippen molar-refractivity contribution in [1.29, 1.82) is 0 Å². The number of rotatable bonds is 3. The molecule has 13 heavy (non-hydrogen) atoms. The normalized spacial score (nSPS) is 14.5. The minimum atomic E-state index is -3.26. The van der Waals surface area contributed by atoms with Gasteiger partial charge in [0.2, 0.25) is 0 Å². The van der Waals surface area contributed by atoms with Crippen molar-refractivity contribution in [2.45, 2.75) is 12.0 Å². The second-order valence-electron chi connectivity index (χ2n) is 2.54. The molecule has 0 aliphatic heterocycles. The lowest BCUT2D eigenvalue weighted by atomic mass is 10.1. The van der Waals surface area contributed by atoms with Gasteiger partial charge >= 0.3 is 0 Å². The second kappa shape index (κ2) is 4.00. The minimum absolute atomic E-state index is 0.353. The zero-order valence-electron chi connectivity index (χ0n) is 6.51. The molecule has 74 valence electrons. The van der Waals surface area contributed by atoms with Crippen LogP contribution in [0.25, 0.3) is 0 Å². The molecule has 1 atom stereocenters. The molecule has 1 rings (SSSR count). The molecular formula is C7H8BrF2NOS. The lowest BCUT2D eigenvalue weighted by molar-refractivity contribution is -0.0703. The molecule has 3 N–H and O–H groups in total. The highest BCUT2D eigenvalue weighted by molar-refractivity contribution is 9.11. The number of aliphatic hydroxyl groups is 1. The number of hydrogen-bond donors (Lipinski definition) is 2. The Morgan fingerprint density at radius 3 is 2.62 bits per heavy atom. The third-order valence-electron chi connectivity index (χ3n) is 1.57. The van der Waals surface area contributed by atoms with Crippen molar-refractivity contribution in [3.8, 4) is 0 Å². The molecule has 0 saturated carbocycles. The first-order valence-electron chi connectivity index (χ1n) is 3.47. The maximum Gasteiger partial charge on any atom is 0.290 e. The van der Waals surface area contributed by atoms with Crippen LogP contribution in [0.4, 0.5) is 8.78 Å². The molecule has 0 aliphatic rings. The molecule has 0 fully saturated rings. The van der Waals surface area contributed by atoms with E-state index < -0.39 is 18.6 Å². The molecule has 0 unspecified atom stereocenters. The quantitative estimate of drug-likeness (QED) is 0.885. The summed E-state index contributed by atoms with van der Waals surface area (Å²) in [6.07, 6.45) is 0. The van der Waals surface area contributed by atoms with E-state index in [1.807, 2.05) is 0 Å². The summed E-state index contributed by atoms with van der Waals surface area (Å²) in [7, 11) is 0. The van der Waals surface area contributed by atoms with Gasteiger partial charge in [-0.25, -0.2) is 8.78 Å². The lowest BCUT2D eigenvalue weighted by Gasteiger charge is -2.19. The van der Waals surface area contributed by atoms with Crippen LogP contribution in [-0.4, -0.2) is 17.6 Å². The first-order chi connectivity index (χ1) is 5.97. The predicted molar refractivity (Wildman–Crippen MR) is 51.0 cm³/mol. The smallest absolute Gasteiger partial charge is 0.290 e. The predicted octanol–water partition coefficient (Wildman–Crippen LogP) is 2.14. The number of aliphatic hydroxyl groups excluding tert-OH is 1. The Kier molecular flexibility index (Phi) is 3.39. The van der Waals surface area contributed by atoms with Gasteiger partial charge in [0.15, 0.2) is 0 Å². The van der Waals surface area contributed by atoms with Gasteiger partial charge in [0.1, 0.15) is 12.6 Å². The van der Waals surface area contributed by atoms with Gasteiger partial charge in [-0.3, -0.25) is 0 Å². The number of alkyl halides is 2. The summed E-state index contributed by atoms with van der Waals surface area (Å²) in [5.74, 6) is -3.26. The Hall–Kier alpha value is -0.0400. The van der Waals surface area contributed by atoms with E-state index in [0.717, 1.165) is 15.1 Å². The first-order valence-corrected chi connectivity index (χ1v) is 5.08. The van der Waals surface area contributed by atoms with Gasteiger partial charge < -0.3 is 10.8 Å². The van der Waals surface area contributed by atoms with Gasteiger partial charge in [0.05, 0.1) is 3.79 Å². The Morgan fingerprint density at radius 2 is 2.23 bits per heavy atom. The van der Waals surface area contributed by atoms with E-state index in [1.165, 1.54) is 6.07 Å². The molecule has 0 radical (unpaired) electrons. The molecule has 0 saturated heterocycles. The van der Waals surface area contributed by atoms with Crippen molar-refractivity contribution in [2.75, 3.05) is 6.61 Å². The van der Waals surface area contributed by atoms with Gasteiger partial charge in [-0.1, -0.05) is 0 Å². The molecule has 6 heteroatoms. The summed E-state index contributed by atoms with van der Waals surface area (Å²) in [6, 6.07) is 1.73. The lowest BCUT2D eigenvalue weighted by Crippen LogP contribution is -2.35. The molecule has 1 aromatic rings. The molecule has 0 aliphatic carbocycles. The van der Waals surface area contributed by atoms with Crippen LogP contribution >= 0.6 is 27.3 Å². The average Bonchev–Trinajstić information content (AvgIpc) is 2.50. The summed E-state index contributed by atoms with van der Waals surface area (Å²) in [6.45, 7) is -1.23. The molecule has 0 amide bonds. The molecule has 1 aromatic heterocycles. The van der Waals surface area contributed by atoms with Gasteiger partial charge in [0.25, 0.3) is 5.92 Å². The van der Waals surface area contributed by atoms with Gasteiger partial charge in [-0.15, -0.1) is 11.3 Å². The van der Waals surface area contributed by atoms with Crippen LogP contribution in [-0.2, 0) is 0 Å². The van der Waals surface area contributed by atoms with Crippen LogP contribution in [0.5, 0.6) is 0 Å². The Bertz CT molecular complexity index is 292. The van der Waals surface area contributed by atoms with Crippen LogP contribution in [0.2, 0.25) is 0 Å². The van der Waals surface area contributed by atoms with E-state index in [9.17, 15) is 8.78 Å². The molecule has 1 heterocycles. The van der Waals surface area contributed by atoms with Crippen LogP contribution in [0, 0.1) is 0 Å². The van der Waals surface area contributed by atoms with Gasteiger partial charge in [-0.05, 0) is 28.1 Å². The fourth-order valence-electron chi connectivity index (χ4n) is 0.802. The third-order valence-corrected chi connectivity index (χ3v) is 3.27. The summed E-state index contributed by atoms with van der Waals surface area (Å²) in [4.78, 5) is 0.353. The van der Waals surface area contributed by atoms with Crippen LogP contribution in [0.1, 0.15) is 10.9 Å². The van der Waals surface area contributed by atoms with E-state index in [-0.39, 0.29) is 0 Å². The van der Waals surface area contributed by atoms with Gasteiger partial charge in [0, 0.05) is 4.88 Å². The van der Waals surface area contributed by atoms with Crippen LogP contribution in [0.15, 0.2) is 15.9 Å². The maximum absolute atomic E-state index is 12.9. The van der Waals surface area contributed by atoms with E-state index in [0.29, 0.717) is 4.88 Å². The van der Waals surface area contributed by atoms with Crippen molar-refractivity contribution in [1.82, 2.24) is 0 Å². The number of nitrogens with two attached hydrogens (primary N) is 1. The molecule has 0 spiro atoms. The van der Waals surface area contributed by atoms with Crippen LogP contribution in [0.3, 0.4) is 0 Å². The van der Waals surface area contributed by atoms with Crippen LogP contribution < -0.4 is 5.73 Å². The summed E-state index contributed by atoms with van der Waals surface area (Å²) >= 11 is 4.28. The van der Waals surface area contributed by atoms with Crippen molar-refractivity contribution < 1.29 is 13.9 Å². The monoisotopic (exact) mass is 271 g/mol. The molecule has 0 bridgehead atoms. The fourth-order valence-corrected chi connectivity index (χ4v) is 2.29. The highest BCUT2D eigenvalue weighted by atomic mass is 79.9. The van der Waals surface area contributed by atoms with Crippen molar-refractivity contribution in [3.05, 3.63) is 20.8 Å². The zero-order valence-corrected chi connectivity index (χ0v) is 8.91. The van der Waals surface area contributed by atoms with Crippen molar-refractivity contribution in [3.63, 3.8) is 0 Å². The number of halogens is 3. The Morgan fingerprint density at radius 1 is 1.62 bits per heavy atom. The summed E-state index contributed by atoms with van der Waals surface area (Å²) in [5, 5.41) is 8.40. The topological polar surface area (TPSA) is 46.2 Å². The Labute approximate surface area is 86.5 Å².